The lowest BCUT2D eigenvalue weighted by Gasteiger charge is -2.07. The molecule has 0 aliphatic heterocycles. The molecule has 6 heteroatoms. The first-order valence-electron chi connectivity index (χ1n) is 6.29. The summed E-state index contributed by atoms with van der Waals surface area (Å²) in [5, 5.41) is 8.81. The average molecular weight is 301 g/mol. The highest BCUT2D eigenvalue weighted by atomic mass is 32.2. The normalized spacial score (nSPS) is 11.0. The summed E-state index contributed by atoms with van der Waals surface area (Å²) in [6.45, 7) is 0.186. The molecule has 0 saturated carbocycles. The number of hydrogen-bond donors (Lipinski definition) is 2. The maximum atomic E-state index is 12.0. The van der Waals surface area contributed by atoms with E-state index in [9.17, 15) is 8.42 Å². The fourth-order valence-electron chi connectivity index (χ4n) is 1.90. The van der Waals surface area contributed by atoms with Crippen LogP contribution in [0.25, 0.3) is 0 Å². The molecule has 0 saturated heterocycles. The Bertz CT molecular complexity index is 780. The third-order valence-electron chi connectivity index (χ3n) is 2.86. The standard InChI is InChI=1S/C15H15N3O2S/c16-9-12-3-1-5-14(7-12)11-21(19,20)18-10-13-4-2-6-15(17)8-13/h1-8,18H,10-11,17H2. The van der Waals surface area contributed by atoms with Gasteiger partial charge in [0.25, 0.3) is 0 Å². The van der Waals surface area contributed by atoms with Crippen LogP contribution in [0.2, 0.25) is 0 Å². The van der Waals surface area contributed by atoms with E-state index in [1.807, 2.05) is 6.07 Å². The Morgan fingerprint density at radius 1 is 1.10 bits per heavy atom. The zero-order valence-corrected chi connectivity index (χ0v) is 12.1. The minimum Gasteiger partial charge on any atom is -0.399 e. The molecule has 2 rings (SSSR count). The predicted octanol–water partition coefficient (Wildman–Crippen LogP) is 1.76. The van der Waals surface area contributed by atoms with E-state index in [2.05, 4.69) is 4.72 Å². The Labute approximate surface area is 124 Å². The second-order valence-electron chi connectivity index (χ2n) is 4.64. The first kappa shape index (κ1) is 15.0. The fourth-order valence-corrected chi connectivity index (χ4v) is 3.00. The lowest BCUT2D eigenvalue weighted by molar-refractivity contribution is 0.580. The monoisotopic (exact) mass is 301 g/mol. The molecule has 0 heterocycles. The molecule has 0 bridgehead atoms. The summed E-state index contributed by atoms with van der Waals surface area (Å²) in [4.78, 5) is 0. The van der Waals surface area contributed by atoms with Crippen molar-refractivity contribution in [1.29, 1.82) is 5.26 Å². The first-order valence-corrected chi connectivity index (χ1v) is 7.94. The summed E-state index contributed by atoms with van der Waals surface area (Å²) in [6.07, 6.45) is 0. The molecule has 2 aromatic carbocycles. The van der Waals surface area contributed by atoms with Gasteiger partial charge < -0.3 is 5.73 Å². The lowest BCUT2D eigenvalue weighted by Crippen LogP contribution is -2.24. The van der Waals surface area contributed by atoms with E-state index in [1.54, 1.807) is 48.5 Å². The number of hydrogen-bond acceptors (Lipinski definition) is 4. The highest BCUT2D eigenvalue weighted by Gasteiger charge is 2.11. The molecule has 0 spiro atoms. The SMILES string of the molecule is N#Cc1cccc(CS(=O)(=O)NCc2cccc(N)c2)c1. The van der Waals surface area contributed by atoms with E-state index in [4.69, 9.17) is 11.0 Å². The molecule has 3 N–H and O–H groups in total. The van der Waals surface area contributed by atoms with Crippen LogP contribution < -0.4 is 10.5 Å². The van der Waals surface area contributed by atoms with E-state index in [0.717, 1.165) is 5.56 Å². The van der Waals surface area contributed by atoms with Crippen molar-refractivity contribution in [2.24, 2.45) is 0 Å². The van der Waals surface area contributed by atoms with Gasteiger partial charge in [-0.05, 0) is 35.4 Å². The van der Waals surface area contributed by atoms with Gasteiger partial charge in [0.1, 0.15) is 0 Å². The highest BCUT2D eigenvalue weighted by Crippen LogP contribution is 2.10. The number of nitrogens with one attached hydrogen (secondary N) is 1. The van der Waals surface area contributed by atoms with Crippen LogP contribution in [0.1, 0.15) is 16.7 Å². The highest BCUT2D eigenvalue weighted by molar-refractivity contribution is 7.88. The van der Waals surface area contributed by atoms with Crippen molar-refractivity contribution in [3.05, 3.63) is 65.2 Å². The zero-order valence-electron chi connectivity index (χ0n) is 11.3. The Kier molecular flexibility index (Phi) is 4.58. The van der Waals surface area contributed by atoms with Gasteiger partial charge in [0, 0.05) is 12.2 Å². The first-order chi connectivity index (χ1) is 9.98. The van der Waals surface area contributed by atoms with Crippen LogP contribution in [0.4, 0.5) is 5.69 Å². The molecule has 21 heavy (non-hydrogen) atoms. The number of nitrogen functional groups attached to an aromatic ring is 1. The van der Waals surface area contributed by atoms with Crippen molar-refractivity contribution in [1.82, 2.24) is 4.72 Å². The summed E-state index contributed by atoms with van der Waals surface area (Å²) in [5.41, 5.74) is 8.05. The molecule has 0 aliphatic carbocycles. The molecular weight excluding hydrogens is 286 g/mol. The average Bonchev–Trinajstić information content (AvgIpc) is 2.45. The van der Waals surface area contributed by atoms with Crippen LogP contribution in [0, 0.1) is 11.3 Å². The molecular formula is C15H15N3O2S. The smallest absolute Gasteiger partial charge is 0.216 e. The third-order valence-corrected chi connectivity index (χ3v) is 4.16. The van der Waals surface area contributed by atoms with Gasteiger partial charge in [-0.3, -0.25) is 0 Å². The molecule has 0 aromatic heterocycles. The molecule has 0 fully saturated rings. The Hall–Kier alpha value is -2.36. The van der Waals surface area contributed by atoms with Gasteiger partial charge in [-0.2, -0.15) is 5.26 Å². The summed E-state index contributed by atoms with van der Waals surface area (Å²) in [6, 6.07) is 15.6. The topological polar surface area (TPSA) is 96.0 Å². The van der Waals surface area contributed by atoms with E-state index in [1.165, 1.54) is 0 Å². The van der Waals surface area contributed by atoms with E-state index in [0.29, 0.717) is 16.8 Å². The number of rotatable bonds is 5. The van der Waals surface area contributed by atoms with Crippen LogP contribution in [0.3, 0.4) is 0 Å². The van der Waals surface area contributed by atoms with Crippen molar-refractivity contribution in [2.75, 3.05) is 5.73 Å². The van der Waals surface area contributed by atoms with E-state index < -0.39 is 10.0 Å². The molecule has 0 atom stereocenters. The van der Waals surface area contributed by atoms with Crippen LogP contribution in [0.15, 0.2) is 48.5 Å². The van der Waals surface area contributed by atoms with Crippen molar-refractivity contribution >= 4 is 15.7 Å². The van der Waals surface area contributed by atoms with Gasteiger partial charge in [0.2, 0.25) is 10.0 Å². The maximum absolute atomic E-state index is 12.0. The Morgan fingerprint density at radius 3 is 2.52 bits per heavy atom. The summed E-state index contributed by atoms with van der Waals surface area (Å²) >= 11 is 0. The van der Waals surface area contributed by atoms with Gasteiger partial charge in [-0.15, -0.1) is 0 Å². The number of nitrogens with zero attached hydrogens (tertiary/aromatic N) is 1. The Morgan fingerprint density at radius 2 is 1.81 bits per heavy atom. The molecule has 0 aliphatic rings. The second-order valence-corrected chi connectivity index (χ2v) is 6.44. The lowest BCUT2D eigenvalue weighted by atomic mass is 10.2. The number of nitriles is 1. The van der Waals surface area contributed by atoms with Crippen LogP contribution in [-0.2, 0) is 22.3 Å². The molecule has 0 amide bonds. The summed E-state index contributed by atoms with van der Waals surface area (Å²) < 4.78 is 26.6. The second kappa shape index (κ2) is 6.39. The molecule has 2 aromatic rings. The number of anilines is 1. The van der Waals surface area contributed by atoms with Crippen molar-refractivity contribution in [2.45, 2.75) is 12.3 Å². The quantitative estimate of drug-likeness (QED) is 0.822. The Balaban J connectivity index is 2.03. The summed E-state index contributed by atoms with van der Waals surface area (Å²) in [7, 11) is -3.47. The number of nitrogens with two attached hydrogens (primary N) is 1. The predicted molar refractivity (Wildman–Crippen MR) is 81.5 cm³/mol. The minimum atomic E-state index is -3.47. The maximum Gasteiger partial charge on any atom is 0.216 e. The van der Waals surface area contributed by atoms with Crippen LogP contribution >= 0.6 is 0 Å². The van der Waals surface area contributed by atoms with Crippen molar-refractivity contribution in [3.8, 4) is 6.07 Å². The molecule has 108 valence electrons. The largest absolute Gasteiger partial charge is 0.399 e. The van der Waals surface area contributed by atoms with E-state index in [-0.39, 0.29) is 12.3 Å². The van der Waals surface area contributed by atoms with Gasteiger partial charge in [0.15, 0.2) is 0 Å². The number of sulfonamides is 1. The van der Waals surface area contributed by atoms with Gasteiger partial charge in [-0.1, -0.05) is 24.3 Å². The third kappa shape index (κ3) is 4.60. The molecule has 0 unspecified atom stereocenters. The van der Waals surface area contributed by atoms with Crippen LogP contribution in [-0.4, -0.2) is 8.42 Å². The van der Waals surface area contributed by atoms with Crippen molar-refractivity contribution in [3.63, 3.8) is 0 Å². The molecule has 5 nitrogen and oxygen atoms in total. The molecule has 0 radical (unpaired) electrons. The number of benzene rings is 2. The minimum absolute atomic E-state index is 0.162. The van der Waals surface area contributed by atoms with Crippen LogP contribution in [0.5, 0.6) is 0 Å². The summed E-state index contributed by atoms with van der Waals surface area (Å²) in [5.74, 6) is -0.162. The van der Waals surface area contributed by atoms with Gasteiger partial charge in [0.05, 0.1) is 17.4 Å². The van der Waals surface area contributed by atoms with Crippen molar-refractivity contribution < 1.29 is 8.42 Å². The zero-order chi connectivity index (χ0) is 15.3. The van der Waals surface area contributed by atoms with E-state index >= 15 is 0 Å². The fraction of sp³-hybridized carbons (Fsp3) is 0.133. The van der Waals surface area contributed by atoms with Gasteiger partial charge in [-0.25, -0.2) is 13.1 Å². The van der Waals surface area contributed by atoms with Gasteiger partial charge >= 0.3 is 0 Å².